The molecule has 0 bridgehead atoms. The molecule has 0 aliphatic carbocycles. The third kappa shape index (κ3) is 3.33. The van der Waals surface area contributed by atoms with Crippen LogP contribution in [0.25, 0.3) is 0 Å². The van der Waals surface area contributed by atoms with Gasteiger partial charge >= 0.3 is 0 Å². The van der Waals surface area contributed by atoms with Gasteiger partial charge in [0.1, 0.15) is 5.76 Å². The Balaban J connectivity index is 1.97. The van der Waals surface area contributed by atoms with E-state index in [-0.39, 0.29) is 12.6 Å². The van der Waals surface area contributed by atoms with E-state index in [1.54, 1.807) is 6.07 Å². The van der Waals surface area contributed by atoms with E-state index in [1.165, 1.54) is 0 Å². The zero-order chi connectivity index (χ0) is 12.1. The van der Waals surface area contributed by atoms with E-state index in [0.29, 0.717) is 11.8 Å². The molecule has 0 amide bonds. The molecule has 3 nitrogen and oxygen atoms in total. The molecular formula is C13H14ClNO2. The van der Waals surface area contributed by atoms with E-state index in [9.17, 15) is 5.11 Å². The van der Waals surface area contributed by atoms with Crippen LogP contribution in [0, 0.1) is 0 Å². The maximum Gasteiger partial charge on any atom is 0.193 e. The summed E-state index contributed by atoms with van der Waals surface area (Å²) in [6.07, 6.45) is 0. The number of furan rings is 1. The molecule has 4 heteroatoms. The van der Waals surface area contributed by atoms with Gasteiger partial charge in [0.15, 0.2) is 5.22 Å². The molecule has 0 radical (unpaired) electrons. The topological polar surface area (TPSA) is 45.4 Å². The Bertz CT molecular complexity index is 455. The lowest BCUT2D eigenvalue weighted by Gasteiger charge is -2.15. The summed E-state index contributed by atoms with van der Waals surface area (Å²) in [5.74, 6) is 0.754. The van der Waals surface area contributed by atoms with Crippen molar-refractivity contribution in [3.63, 3.8) is 0 Å². The molecule has 1 atom stereocenters. The van der Waals surface area contributed by atoms with Crippen LogP contribution in [0.3, 0.4) is 0 Å². The van der Waals surface area contributed by atoms with Crippen LogP contribution in [0.4, 0.5) is 0 Å². The average molecular weight is 252 g/mol. The Labute approximate surface area is 105 Å². The van der Waals surface area contributed by atoms with E-state index in [1.807, 2.05) is 36.4 Å². The second-order valence-electron chi connectivity index (χ2n) is 3.73. The Morgan fingerprint density at radius 1 is 1.18 bits per heavy atom. The summed E-state index contributed by atoms with van der Waals surface area (Å²) in [6, 6.07) is 13.2. The number of nitrogens with one attached hydrogen (secondary N) is 1. The highest BCUT2D eigenvalue weighted by molar-refractivity contribution is 6.28. The number of rotatable bonds is 5. The predicted octanol–water partition coefficient (Wildman–Crippen LogP) is 2.76. The summed E-state index contributed by atoms with van der Waals surface area (Å²) < 4.78 is 5.24. The van der Waals surface area contributed by atoms with Crippen molar-refractivity contribution in [3.8, 4) is 0 Å². The van der Waals surface area contributed by atoms with Gasteiger partial charge in [-0.05, 0) is 29.3 Å². The first kappa shape index (κ1) is 12.2. The number of halogens is 1. The molecule has 2 N–H and O–H groups in total. The fraction of sp³-hybridized carbons (Fsp3) is 0.231. The Kier molecular flexibility index (Phi) is 4.20. The smallest absolute Gasteiger partial charge is 0.193 e. The van der Waals surface area contributed by atoms with Crippen molar-refractivity contribution in [3.05, 3.63) is 59.0 Å². The zero-order valence-corrected chi connectivity index (χ0v) is 10.0. The first-order valence-electron chi connectivity index (χ1n) is 5.43. The lowest BCUT2D eigenvalue weighted by atomic mass is 10.1. The van der Waals surface area contributed by atoms with Crippen LogP contribution in [-0.2, 0) is 6.54 Å². The lowest BCUT2D eigenvalue weighted by molar-refractivity contribution is 0.241. The SMILES string of the molecule is OC[C@H](NCc1ccc(Cl)o1)c1ccccc1. The highest BCUT2D eigenvalue weighted by atomic mass is 35.5. The number of hydrogen-bond acceptors (Lipinski definition) is 3. The minimum atomic E-state index is -0.0972. The molecule has 17 heavy (non-hydrogen) atoms. The van der Waals surface area contributed by atoms with E-state index >= 15 is 0 Å². The van der Waals surface area contributed by atoms with Crippen LogP contribution in [0.2, 0.25) is 5.22 Å². The minimum Gasteiger partial charge on any atom is -0.448 e. The summed E-state index contributed by atoms with van der Waals surface area (Å²) in [7, 11) is 0. The Morgan fingerprint density at radius 3 is 2.53 bits per heavy atom. The number of aliphatic hydroxyl groups excluding tert-OH is 1. The highest BCUT2D eigenvalue weighted by Crippen LogP contribution is 2.16. The van der Waals surface area contributed by atoms with Crippen molar-refractivity contribution < 1.29 is 9.52 Å². The summed E-state index contributed by atoms with van der Waals surface area (Å²) in [5.41, 5.74) is 1.05. The zero-order valence-electron chi connectivity index (χ0n) is 9.27. The van der Waals surface area contributed by atoms with Gasteiger partial charge in [0, 0.05) is 0 Å². The van der Waals surface area contributed by atoms with Crippen LogP contribution in [0.1, 0.15) is 17.4 Å². The fourth-order valence-electron chi connectivity index (χ4n) is 1.64. The molecule has 1 aromatic heterocycles. The molecule has 0 unspecified atom stereocenters. The molecule has 90 valence electrons. The monoisotopic (exact) mass is 251 g/mol. The molecular weight excluding hydrogens is 238 g/mol. The molecule has 1 heterocycles. The third-order valence-corrected chi connectivity index (χ3v) is 2.74. The summed E-state index contributed by atoms with van der Waals surface area (Å²) in [4.78, 5) is 0. The first-order valence-corrected chi connectivity index (χ1v) is 5.81. The van der Waals surface area contributed by atoms with Crippen LogP contribution >= 0.6 is 11.6 Å². The fourth-order valence-corrected chi connectivity index (χ4v) is 1.81. The molecule has 0 saturated carbocycles. The number of aliphatic hydroxyl groups is 1. The van der Waals surface area contributed by atoms with Crippen molar-refractivity contribution in [1.29, 1.82) is 0 Å². The molecule has 2 rings (SSSR count). The summed E-state index contributed by atoms with van der Waals surface area (Å²) in [5, 5.41) is 12.9. The van der Waals surface area contributed by atoms with Crippen molar-refractivity contribution in [1.82, 2.24) is 5.32 Å². The van der Waals surface area contributed by atoms with Crippen molar-refractivity contribution in [2.45, 2.75) is 12.6 Å². The Hall–Kier alpha value is -1.29. The largest absolute Gasteiger partial charge is 0.448 e. The molecule has 1 aromatic carbocycles. The van der Waals surface area contributed by atoms with Gasteiger partial charge in [0.05, 0.1) is 19.2 Å². The Morgan fingerprint density at radius 2 is 1.94 bits per heavy atom. The molecule has 2 aromatic rings. The van der Waals surface area contributed by atoms with Gasteiger partial charge in [-0.25, -0.2) is 0 Å². The normalized spacial score (nSPS) is 12.6. The van der Waals surface area contributed by atoms with Gasteiger partial charge in [0.2, 0.25) is 0 Å². The molecule has 0 spiro atoms. The quantitative estimate of drug-likeness (QED) is 0.859. The first-order chi connectivity index (χ1) is 8.29. The van der Waals surface area contributed by atoms with E-state index in [4.69, 9.17) is 16.0 Å². The third-order valence-electron chi connectivity index (χ3n) is 2.54. The molecule has 0 aliphatic heterocycles. The van der Waals surface area contributed by atoms with E-state index < -0.39 is 0 Å². The van der Waals surface area contributed by atoms with Gasteiger partial charge in [-0.2, -0.15) is 0 Å². The summed E-state index contributed by atoms with van der Waals surface area (Å²) in [6.45, 7) is 0.575. The van der Waals surface area contributed by atoms with E-state index in [0.717, 1.165) is 11.3 Å². The maximum absolute atomic E-state index is 9.34. The lowest BCUT2D eigenvalue weighted by Crippen LogP contribution is -2.23. The number of benzene rings is 1. The molecule has 0 saturated heterocycles. The minimum absolute atomic E-state index is 0.0401. The van der Waals surface area contributed by atoms with Gasteiger partial charge < -0.3 is 14.8 Å². The van der Waals surface area contributed by atoms with Crippen molar-refractivity contribution in [2.24, 2.45) is 0 Å². The molecule has 0 aliphatic rings. The molecule has 0 fully saturated rings. The van der Waals surface area contributed by atoms with Crippen LogP contribution in [-0.4, -0.2) is 11.7 Å². The standard InChI is InChI=1S/C13H14ClNO2/c14-13-7-6-11(17-13)8-15-12(9-16)10-4-2-1-3-5-10/h1-7,12,15-16H,8-9H2/t12-/m0/s1. The van der Waals surface area contributed by atoms with Gasteiger partial charge in [-0.3, -0.25) is 0 Å². The summed E-state index contributed by atoms with van der Waals surface area (Å²) >= 11 is 5.68. The highest BCUT2D eigenvalue weighted by Gasteiger charge is 2.10. The van der Waals surface area contributed by atoms with Crippen molar-refractivity contribution in [2.75, 3.05) is 6.61 Å². The number of hydrogen-bond donors (Lipinski definition) is 2. The van der Waals surface area contributed by atoms with Crippen molar-refractivity contribution >= 4 is 11.6 Å². The average Bonchev–Trinajstić information content (AvgIpc) is 2.77. The maximum atomic E-state index is 9.34. The van der Waals surface area contributed by atoms with Crippen LogP contribution in [0.5, 0.6) is 0 Å². The van der Waals surface area contributed by atoms with Crippen LogP contribution in [0.15, 0.2) is 46.9 Å². The van der Waals surface area contributed by atoms with E-state index in [2.05, 4.69) is 5.32 Å². The van der Waals surface area contributed by atoms with Crippen LogP contribution < -0.4 is 5.32 Å². The second-order valence-corrected chi connectivity index (χ2v) is 4.11. The second kappa shape index (κ2) is 5.87. The van der Waals surface area contributed by atoms with Gasteiger partial charge in [0.25, 0.3) is 0 Å². The van der Waals surface area contributed by atoms with Gasteiger partial charge in [-0.1, -0.05) is 30.3 Å². The predicted molar refractivity (Wildman–Crippen MR) is 66.8 cm³/mol. The van der Waals surface area contributed by atoms with Gasteiger partial charge in [-0.15, -0.1) is 0 Å².